The Balaban J connectivity index is 2.19. The molecule has 1 saturated heterocycles. The Morgan fingerprint density at radius 2 is 1.74 bits per heavy atom. The first-order valence-corrected chi connectivity index (χ1v) is 5.80. The van der Waals surface area contributed by atoms with Crippen LogP contribution in [-0.4, -0.2) is 48.9 Å². The van der Waals surface area contributed by atoms with E-state index in [0.29, 0.717) is 6.42 Å². The summed E-state index contributed by atoms with van der Waals surface area (Å²) in [4.78, 5) is 45.5. The smallest absolute Gasteiger partial charge is 0.331 e. The maximum atomic E-state index is 11.3. The molecule has 1 fully saturated rings. The van der Waals surface area contributed by atoms with Crippen LogP contribution in [0.15, 0.2) is 12.2 Å². The van der Waals surface area contributed by atoms with Gasteiger partial charge in [0.25, 0.3) is 0 Å². The molecule has 0 atom stereocenters. The molecule has 2 amide bonds. The fourth-order valence-electron chi connectivity index (χ4n) is 1.52. The molecule has 1 aliphatic heterocycles. The highest BCUT2D eigenvalue weighted by molar-refractivity contribution is 6.01. The summed E-state index contributed by atoms with van der Waals surface area (Å²) in [6.07, 6.45) is 2.78. The molecule has 1 heterocycles. The zero-order valence-corrected chi connectivity index (χ0v) is 10.6. The number of amides is 2. The van der Waals surface area contributed by atoms with Gasteiger partial charge in [0, 0.05) is 31.5 Å². The number of hydrogen-bond acceptors (Lipinski definition) is 6. The summed E-state index contributed by atoms with van der Waals surface area (Å²) in [5, 5.41) is 0. The number of ether oxygens (including phenoxy) is 2. The van der Waals surface area contributed by atoms with Crippen LogP contribution in [0, 0.1) is 0 Å². The molecule has 0 unspecified atom stereocenters. The van der Waals surface area contributed by atoms with E-state index in [4.69, 9.17) is 4.74 Å². The maximum Gasteiger partial charge on any atom is 0.331 e. The molecule has 0 radical (unpaired) electrons. The monoisotopic (exact) mass is 269 g/mol. The van der Waals surface area contributed by atoms with Crippen molar-refractivity contribution in [3.63, 3.8) is 0 Å². The van der Waals surface area contributed by atoms with E-state index in [1.54, 1.807) is 0 Å². The summed E-state index contributed by atoms with van der Waals surface area (Å²) in [5.41, 5.74) is 0. The number of hydrogen-bond donors (Lipinski definition) is 0. The number of carbonyl (C=O) groups is 4. The van der Waals surface area contributed by atoms with Gasteiger partial charge in [-0.3, -0.25) is 14.5 Å². The number of esters is 2. The highest BCUT2D eigenvalue weighted by atomic mass is 16.5. The fourth-order valence-corrected chi connectivity index (χ4v) is 1.52. The Hall–Kier alpha value is -2.18. The Labute approximate surface area is 110 Å². The number of rotatable bonds is 6. The van der Waals surface area contributed by atoms with Gasteiger partial charge in [-0.25, -0.2) is 9.59 Å². The van der Waals surface area contributed by atoms with Gasteiger partial charge in [0.15, 0.2) is 0 Å². The number of carbonyl (C=O) groups excluding carboxylic acids is 4. The van der Waals surface area contributed by atoms with E-state index in [1.807, 2.05) is 0 Å². The first kappa shape index (κ1) is 14.9. The zero-order chi connectivity index (χ0) is 14.3. The largest absolute Gasteiger partial charge is 0.466 e. The Morgan fingerprint density at radius 3 is 2.32 bits per heavy atom. The molecule has 0 aromatic carbocycles. The summed E-state index contributed by atoms with van der Waals surface area (Å²) in [7, 11) is 1.20. The van der Waals surface area contributed by atoms with E-state index >= 15 is 0 Å². The number of methoxy groups -OCH3 is 1. The van der Waals surface area contributed by atoms with Gasteiger partial charge in [0.05, 0.1) is 13.7 Å². The van der Waals surface area contributed by atoms with Gasteiger partial charge < -0.3 is 9.47 Å². The highest BCUT2D eigenvalue weighted by Crippen LogP contribution is 2.11. The molecule has 1 rings (SSSR count). The zero-order valence-electron chi connectivity index (χ0n) is 10.6. The van der Waals surface area contributed by atoms with Crippen molar-refractivity contribution in [1.29, 1.82) is 0 Å². The lowest BCUT2D eigenvalue weighted by Crippen LogP contribution is -2.30. The first-order valence-electron chi connectivity index (χ1n) is 5.80. The summed E-state index contributed by atoms with van der Waals surface area (Å²) in [6.45, 7) is 0.313. The van der Waals surface area contributed by atoms with Crippen molar-refractivity contribution < 1.29 is 28.7 Å². The third-order valence-corrected chi connectivity index (χ3v) is 2.48. The molecular weight excluding hydrogens is 254 g/mol. The predicted octanol–water partition coefficient (Wildman–Crippen LogP) is -0.202. The van der Waals surface area contributed by atoms with Gasteiger partial charge in [0.1, 0.15) is 0 Å². The minimum Gasteiger partial charge on any atom is -0.466 e. The summed E-state index contributed by atoms with van der Waals surface area (Å²) in [5.74, 6) is -1.71. The minimum absolute atomic E-state index is 0.0708. The number of imide groups is 1. The van der Waals surface area contributed by atoms with Crippen molar-refractivity contribution in [3.8, 4) is 0 Å². The second-order valence-electron chi connectivity index (χ2n) is 3.82. The first-order chi connectivity index (χ1) is 9.04. The van der Waals surface area contributed by atoms with E-state index < -0.39 is 11.9 Å². The molecule has 104 valence electrons. The lowest BCUT2D eigenvalue weighted by Gasteiger charge is -2.12. The number of likely N-dealkylation sites (tertiary alicyclic amines) is 1. The van der Waals surface area contributed by atoms with Crippen LogP contribution in [0.4, 0.5) is 0 Å². The van der Waals surface area contributed by atoms with E-state index in [-0.39, 0.29) is 37.8 Å². The van der Waals surface area contributed by atoms with Crippen LogP contribution in [0.2, 0.25) is 0 Å². The molecule has 0 spiro atoms. The van der Waals surface area contributed by atoms with E-state index in [2.05, 4.69) is 4.74 Å². The predicted molar refractivity (Wildman–Crippen MR) is 62.7 cm³/mol. The third kappa shape index (κ3) is 4.90. The highest BCUT2D eigenvalue weighted by Gasteiger charge is 2.27. The van der Waals surface area contributed by atoms with Crippen molar-refractivity contribution in [3.05, 3.63) is 12.2 Å². The normalized spacial score (nSPS) is 15.1. The lowest BCUT2D eigenvalue weighted by molar-refractivity contribution is -0.140. The Bertz CT molecular complexity index is 398. The summed E-state index contributed by atoms with van der Waals surface area (Å²) < 4.78 is 9.09. The van der Waals surface area contributed by atoms with E-state index in [0.717, 1.165) is 17.1 Å². The second-order valence-corrected chi connectivity index (χ2v) is 3.82. The lowest BCUT2D eigenvalue weighted by atomic mass is 10.4. The molecule has 0 saturated carbocycles. The van der Waals surface area contributed by atoms with Crippen molar-refractivity contribution in [2.75, 3.05) is 20.3 Å². The van der Waals surface area contributed by atoms with Gasteiger partial charge in [0.2, 0.25) is 11.8 Å². The third-order valence-electron chi connectivity index (χ3n) is 2.48. The average molecular weight is 269 g/mol. The second kappa shape index (κ2) is 7.30. The topological polar surface area (TPSA) is 90.0 Å². The van der Waals surface area contributed by atoms with Crippen LogP contribution in [-0.2, 0) is 28.7 Å². The summed E-state index contributed by atoms with van der Waals surface area (Å²) in [6, 6.07) is 0. The van der Waals surface area contributed by atoms with Gasteiger partial charge in [-0.05, 0) is 6.42 Å². The molecule has 0 bridgehead atoms. The Morgan fingerprint density at radius 1 is 1.16 bits per heavy atom. The molecule has 0 aromatic rings. The van der Waals surface area contributed by atoms with Crippen molar-refractivity contribution in [1.82, 2.24) is 4.90 Å². The van der Waals surface area contributed by atoms with Crippen LogP contribution in [0.25, 0.3) is 0 Å². The van der Waals surface area contributed by atoms with Crippen LogP contribution in [0.1, 0.15) is 19.3 Å². The fraction of sp³-hybridized carbons (Fsp3) is 0.500. The molecular formula is C12H15NO6. The summed E-state index contributed by atoms with van der Waals surface area (Å²) >= 11 is 0. The molecule has 0 aromatic heterocycles. The maximum absolute atomic E-state index is 11.3. The van der Waals surface area contributed by atoms with E-state index in [9.17, 15) is 19.2 Å². The molecule has 7 nitrogen and oxygen atoms in total. The average Bonchev–Trinajstić information content (AvgIpc) is 2.71. The minimum atomic E-state index is -0.676. The van der Waals surface area contributed by atoms with Crippen LogP contribution < -0.4 is 0 Å². The van der Waals surface area contributed by atoms with Gasteiger partial charge in [-0.2, -0.15) is 0 Å². The molecule has 0 aliphatic carbocycles. The Kier molecular flexibility index (Phi) is 5.72. The van der Waals surface area contributed by atoms with Crippen molar-refractivity contribution in [2.45, 2.75) is 19.3 Å². The van der Waals surface area contributed by atoms with Crippen molar-refractivity contribution >= 4 is 23.8 Å². The van der Waals surface area contributed by atoms with Gasteiger partial charge >= 0.3 is 11.9 Å². The number of nitrogens with zero attached hydrogens (tertiary/aromatic N) is 1. The standard InChI is InChI=1S/C12H15NO6/c1-18-11(16)5-6-12(17)19-8-2-7-13-9(14)3-4-10(13)15/h5-6H,2-4,7-8H2,1H3. The quantitative estimate of drug-likeness (QED) is 0.287. The molecule has 7 heteroatoms. The molecule has 0 N–H and O–H groups in total. The van der Waals surface area contributed by atoms with Crippen LogP contribution in [0.3, 0.4) is 0 Å². The molecule has 19 heavy (non-hydrogen) atoms. The molecule has 1 aliphatic rings. The van der Waals surface area contributed by atoms with Gasteiger partial charge in [-0.15, -0.1) is 0 Å². The van der Waals surface area contributed by atoms with Crippen LogP contribution in [0.5, 0.6) is 0 Å². The van der Waals surface area contributed by atoms with Crippen LogP contribution >= 0.6 is 0 Å². The van der Waals surface area contributed by atoms with Gasteiger partial charge in [-0.1, -0.05) is 0 Å². The van der Waals surface area contributed by atoms with E-state index in [1.165, 1.54) is 7.11 Å². The SMILES string of the molecule is COC(=O)C=CC(=O)OCCCN1C(=O)CCC1=O. The van der Waals surface area contributed by atoms with Crippen molar-refractivity contribution in [2.24, 2.45) is 0 Å².